The molecule has 0 bridgehead atoms. The summed E-state index contributed by atoms with van der Waals surface area (Å²) in [6.07, 6.45) is 0.484. The van der Waals surface area contributed by atoms with Gasteiger partial charge in [0.2, 0.25) is 0 Å². The second kappa shape index (κ2) is 15.0. The lowest BCUT2D eigenvalue weighted by Crippen LogP contribution is -2.52. The van der Waals surface area contributed by atoms with Crippen LogP contribution in [-0.4, -0.2) is 40.6 Å². The van der Waals surface area contributed by atoms with E-state index in [0.29, 0.717) is 12.0 Å². The number of hydrogen-bond donors (Lipinski definition) is 2. The zero-order valence-corrected chi connectivity index (χ0v) is 24.9. The van der Waals surface area contributed by atoms with Crippen LogP contribution in [-0.2, 0) is 30.3 Å². The Hall–Kier alpha value is -2.94. The molecular weight excluding hydrogens is 502 g/mol. The Kier molecular flexibility index (Phi) is 13.1. The molecule has 0 aliphatic rings. The van der Waals surface area contributed by atoms with Gasteiger partial charge in [-0.2, -0.15) is 0 Å². The van der Waals surface area contributed by atoms with Crippen molar-refractivity contribution in [1.29, 1.82) is 0 Å². The molecule has 0 aromatic heterocycles. The lowest BCUT2D eigenvalue weighted by atomic mass is 9.86. The van der Waals surface area contributed by atoms with Crippen molar-refractivity contribution in [2.45, 2.75) is 99.6 Å². The minimum absolute atomic E-state index is 0.00918. The quantitative estimate of drug-likeness (QED) is 0.224. The van der Waals surface area contributed by atoms with Gasteiger partial charge in [0.1, 0.15) is 11.6 Å². The van der Waals surface area contributed by atoms with Gasteiger partial charge in [-0.3, -0.25) is 19.2 Å². The maximum Gasteiger partial charge on any atom is 0.324 e. The van der Waals surface area contributed by atoms with Gasteiger partial charge in [-0.05, 0) is 42.9 Å². The van der Waals surface area contributed by atoms with Crippen LogP contribution < -0.4 is 15.2 Å². The van der Waals surface area contributed by atoms with E-state index >= 15 is 0 Å². The minimum Gasteiger partial charge on any atom is -0.480 e. The number of carboxylic acid groups (broad SMARTS) is 1. The molecule has 1 aromatic rings. The molecule has 9 nitrogen and oxygen atoms in total. The third kappa shape index (κ3) is 10.3. The zero-order valence-electron chi connectivity index (χ0n) is 24.9. The van der Waals surface area contributed by atoms with Crippen LogP contribution in [0.4, 0.5) is 0 Å². The maximum absolute atomic E-state index is 12.8. The second-order valence-electron chi connectivity index (χ2n) is 11.5. The zero-order chi connectivity index (χ0) is 30.1. The summed E-state index contributed by atoms with van der Waals surface area (Å²) in [5, 5.41) is 9.99. The van der Waals surface area contributed by atoms with Gasteiger partial charge < -0.3 is 25.1 Å². The SMILES string of the molecule is CCCC(C)C(=O)O[C@@H](C)CC(N)(Cc1ccc(OC(=O)C(C)C(C)C)c(OC(=O)C(C)C(C)C)c1)C(=O)O. The van der Waals surface area contributed by atoms with Crippen LogP contribution in [0.25, 0.3) is 0 Å². The van der Waals surface area contributed by atoms with E-state index in [0.717, 1.165) is 6.42 Å². The minimum atomic E-state index is -1.77. The fourth-order valence-corrected chi connectivity index (χ4v) is 3.79. The largest absolute Gasteiger partial charge is 0.480 e. The Bertz CT molecular complexity index is 1000. The van der Waals surface area contributed by atoms with Crippen LogP contribution in [0.1, 0.15) is 87.1 Å². The van der Waals surface area contributed by atoms with Crippen LogP contribution >= 0.6 is 0 Å². The molecule has 0 spiro atoms. The summed E-state index contributed by atoms with van der Waals surface area (Å²) >= 11 is 0. The van der Waals surface area contributed by atoms with E-state index in [2.05, 4.69) is 0 Å². The lowest BCUT2D eigenvalue weighted by Gasteiger charge is -2.28. The highest BCUT2D eigenvalue weighted by Gasteiger charge is 2.37. The molecule has 0 aliphatic carbocycles. The highest BCUT2D eigenvalue weighted by Crippen LogP contribution is 2.33. The first-order valence-electron chi connectivity index (χ1n) is 13.8. The number of rotatable bonds is 15. The van der Waals surface area contributed by atoms with Crippen molar-refractivity contribution in [3.63, 3.8) is 0 Å². The number of nitrogens with two attached hydrogens (primary N) is 1. The van der Waals surface area contributed by atoms with Gasteiger partial charge in [0.05, 0.1) is 17.8 Å². The summed E-state index contributed by atoms with van der Waals surface area (Å²) in [5.74, 6) is -3.63. The number of ether oxygens (including phenoxy) is 3. The monoisotopic (exact) mass is 549 g/mol. The van der Waals surface area contributed by atoms with Crippen LogP contribution in [0.5, 0.6) is 11.5 Å². The number of esters is 3. The third-order valence-corrected chi connectivity index (χ3v) is 7.21. The van der Waals surface area contributed by atoms with Gasteiger partial charge in [-0.1, -0.05) is 67.9 Å². The number of aliphatic carboxylic acids is 1. The third-order valence-electron chi connectivity index (χ3n) is 7.21. The Labute approximate surface area is 232 Å². The molecule has 220 valence electrons. The number of carbonyl (C=O) groups is 4. The van der Waals surface area contributed by atoms with Gasteiger partial charge in [0, 0.05) is 12.8 Å². The highest BCUT2D eigenvalue weighted by molar-refractivity contribution is 5.80. The summed E-state index contributed by atoms with van der Waals surface area (Å²) in [5.41, 5.74) is 5.01. The maximum atomic E-state index is 12.8. The van der Waals surface area contributed by atoms with E-state index in [1.807, 2.05) is 34.6 Å². The number of carboxylic acids is 1. The molecule has 3 N–H and O–H groups in total. The van der Waals surface area contributed by atoms with E-state index in [9.17, 15) is 24.3 Å². The fourth-order valence-electron chi connectivity index (χ4n) is 3.79. The van der Waals surface area contributed by atoms with Crippen molar-refractivity contribution in [1.82, 2.24) is 0 Å². The average molecular weight is 550 g/mol. The predicted molar refractivity (Wildman–Crippen MR) is 148 cm³/mol. The molecule has 0 aliphatic heterocycles. The Balaban J connectivity index is 3.28. The van der Waals surface area contributed by atoms with Gasteiger partial charge in [0.15, 0.2) is 11.5 Å². The second-order valence-corrected chi connectivity index (χ2v) is 11.5. The van der Waals surface area contributed by atoms with E-state index in [1.54, 1.807) is 33.8 Å². The van der Waals surface area contributed by atoms with E-state index in [1.165, 1.54) is 12.1 Å². The van der Waals surface area contributed by atoms with Crippen molar-refractivity contribution >= 4 is 23.9 Å². The smallest absolute Gasteiger partial charge is 0.324 e. The van der Waals surface area contributed by atoms with Gasteiger partial charge in [0.25, 0.3) is 0 Å². The Morgan fingerprint density at radius 2 is 1.36 bits per heavy atom. The molecule has 0 saturated heterocycles. The van der Waals surface area contributed by atoms with Crippen LogP contribution in [0.2, 0.25) is 0 Å². The van der Waals surface area contributed by atoms with E-state index < -0.39 is 47.4 Å². The fraction of sp³-hybridized carbons (Fsp3) is 0.667. The molecule has 9 heteroatoms. The summed E-state index contributed by atoms with van der Waals surface area (Å²) < 4.78 is 16.7. The van der Waals surface area contributed by atoms with E-state index in [-0.39, 0.29) is 42.1 Å². The molecule has 0 saturated carbocycles. The van der Waals surface area contributed by atoms with Crippen LogP contribution in [0.15, 0.2) is 18.2 Å². The van der Waals surface area contributed by atoms with Crippen molar-refractivity contribution in [3.8, 4) is 11.5 Å². The van der Waals surface area contributed by atoms with Crippen LogP contribution in [0.3, 0.4) is 0 Å². The van der Waals surface area contributed by atoms with E-state index in [4.69, 9.17) is 19.9 Å². The summed E-state index contributed by atoms with van der Waals surface area (Å²) in [7, 11) is 0. The molecule has 4 unspecified atom stereocenters. The highest BCUT2D eigenvalue weighted by atomic mass is 16.6. The summed E-state index contributed by atoms with van der Waals surface area (Å²) in [4.78, 5) is 50.0. The summed E-state index contributed by atoms with van der Waals surface area (Å²) in [6, 6.07) is 4.52. The molecule has 0 radical (unpaired) electrons. The van der Waals surface area contributed by atoms with Gasteiger partial charge in [-0.25, -0.2) is 0 Å². The normalized spacial score (nSPS) is 16.1. The first kappa shape index (κ1) is 34.1. The van der Waals surface area contributed by atoms with Gasteiger partial charge >= 0.3 is 23.9 Å². The van der Waals surface area contributed by atoms with Gasteiger partial charge in [-0.15, -0.1) is 0 Å². The number of benzene rings is 1. The molecule has 0 amide bonds. The predicted octanol–water partition coefficient (Wildman–Crippen LogP) is 5.16. The molecule has 39 heavy (non-hydrogen) atoms. The number of hydrogen-bond acceptors (Lipinski definition) is 8. The topological polar surface area (TPSA) is 142 Å². The standard InChI is InChI=1S/C30H47NO8/c1-10-11-19(6)26(32)37-20(7)15-30(31,29(35)36)16-23-12-13-24(38-27(33)21(8)17(2)3)25(14-23)39-28(34)22(9)18(4)5/h12-14,17-22H,10-11,15-16,31H2,1-9H3,(H,35,36)/t19?,20-,21?,22?,30?/m0/s1. The molecule has 5 atom stereocenters. The lowest BCUT2D eigenvalue weighted by molar-refractivity contribution is -0.156. The molecule has 1 rings (SSSR count). The molecule has 0 fully saturated rings. The molecular formula is C30H47NO8. The van der Waals surface area contributed by atoms with Crippen molar-refractivity contribution < 1.29 is 38.5 Å². The first-order valence-corrected chi connectivity index (χ1v) is 13.8. The summed E-state index contributed by atoms with van der Waals surface area (Å²) in [6.45, 7) is 16.4. The first-order chi connectivity index (χ1) is 18.0. The van der Waals surface area contributed by atoms with Crippen molar-refractivity contribution in [3.05, 3.63) is 23.8 Å². The molecule has 0 heterocycles. The van der Waals surface area contributed by atoms with Crippen molar-refractivity contribution in [2.75, 3.05) is 0 Å². The van der Waals surface area contributed by atoms with Crippen LogP contribution in [0, 0.1) is 29.6 Å². The Morgan fingerprint density at radius 3 is 1.82 bits per heavy atom. The Morgan fingerprint density at radius 1 is 0.846 bits per heavy atom. The molecule has 1 aromatic carbocycles. The van der Waals surface area contributed by atoms with Crippen molar-refractivity contribution in [2.24, 2.45) is 35.3 Å². The number of carbonyl (C=O) groups excluding carboxylic acids is 3. The average Bonchev–Trinajstić information content (AvgIpc) is 2.83.